The van der Waals surface area contributed by atoms with Crippen LogP contribution >= 0.6 is 0 Å². The smallest absolute Gasteiger partial charge is 0.409 e. The predicted octanol–water partition coefficient (Wildman–Crippen LogP) is 2.71. The van der Waals surface area contributed by atoms with E-state index in [1.165, 1.54) is 23.8 Å². The maximum absolute atomic E-state index is 11.8. The van der Waals surface area contributed by atoms with Gasteiger partial charge in [-0.1, -0.05) is 18.2 Å². The number of nitrogens with zero attached hydrogens (tertiary/aromatic N) is 6. The van der Waals surface area contributed by atoms with Crippen molar-refractivity contribution in [3.8, 4) is 0 Å². The van der Waals surface area contributed by atoms with Gasteiger partial charge in [0, 0.05) is 57.9 Å². The van der Waals surface area contributed by atoms with E-state index in [4.69, 9.17) is 10.5 Å². The van der Waals surface area contributed by atoms with Gasteiger partial charge >= 0.3 is 6.09 Å². The Morgan fingerprint density at radius 3 is 2.43 bits per heavy atom. The van der Waals surface area contributed by atoms with Gasteiger partial charge in [-0.25, -0.2) is 4.79 Å². The molecule has 4 heterocycles. The summed E-state index contributed by atoms with van der Waals surface area (Å²) in [7, 11) is 3.60. The normalized spacial score (nSPS) is 21.7. The molecule has 0 aliphatic carbocycles. The van der Waals surface area contributed by atoms with E-state index in [-0.39, 0.29) is 6.09 Å². The Kier molecular flexibility index (Phi) is 6.69. The van der Waals surface area contributed by atoms with Gasteiger partial charge in [-0.05, 0) is 55.8 Å². The molecule has 3 aliphatic rings. The summed E-state index contributed by atoms with van der Waals surface area (Å²) < 4.78 is 4.89. The minimum absolute atomic E-state index is 0.224. The number of benzene rings is 1. The van der Waals surface area contributed by atoms with Crippen molar-refractivity contribution in [2.75, 3.05) is 69.0 Å². The number of piperazine rings is 1. The van der Waals surface area contributed by atoms with E-state index in [1.54, 1.807) is 4.90 Å². The molecule has 1 unspecified atom stereocenters. The van der Waals surface area contributed by atoms with Gasteiger partial charge in [0.15, 0.2) is 0 Å². The summed E-state index contributed by atoms with van der Waals surface area (Å²) in [5, 5.41) is 0. The van der Waals surface area contributed by atoms with Gasteiger partial charge in [0.1, 0.15) is 11.6 Å². The molecule has 2 aromatic rings. The van der Waals surface area contributed by atoms with E-state index in [2.05, 4.69) is 62.9 Å². The van der Waals surface area contributed by atoms with Gasteiger partial charge in [-0.2, -0.15) is 9.97 Å². The second-order valence-electron chi connectivity index (χ2n) is 10.2. The summed E-state index contributed by atoms with van der Waals surface area (Å²) in [6.07, 6.45) is 2.68. The summed E-state index contributed by atoms with van der Waals surface area (Å²) in [6.45, 7) is 8.49. The molecule has 1 amide bonds. The number of nitrogens with two attached hydrogens (primary N) is 1. The lowest BCUT2D eigenvalue weighted by Crippen LogP contribution is -2.45. The van der Waals surface area contributed by atoms with Gasteiger partial charge in [-0.3, -0.25) is 0 Å². The Bertz CT molecular complexity index is 1060. The largest absolute Gasteiger partial charge is 0.453 e. The fourth-order valence-electron chi connectivity index (χ4n) is 5.63. The number of carbonyl (C=O) groups excluding carboxylic acids is 1. The topological polar surface area (TPSA) is 91.1 Å². The van der Waals surface area contributed by atoms with Gasteiger partial charge in [0.2, 0.25) is 5.95 Å². The monoisotopic (exact) mass is 479 g/mol. The number of carbonyl (C=O) groups is 1. The molecule has 35 heavy (non-hydrogen) atoms. The third kappa shape index (κ3) is 5.00. The quantitative estimate of drug-likeness (QED) is 0.719. The van der Waals surface area contributed by atoms with Crippen molar-refractivity contribution in [3.05, 3.63) is 41.0 Å². The number of fused-ring (bicyclic) bond motifs is 1. The van der Waals surface area contributed by atoms with Crippen LogP contribution in [0.3, 0.4) is 0 Å². The van der Waals surface area contributed by atoms with Crippen LogP contribution in [0.2, 0.25) is 0 Å². The number of likely N-dealkylation sites (tertiary alicyclic amines) is 1. The number of aromatic nitrogens is 2. The molecule has 0 spiro atoms. The van der Waals surface area contributed by atoms with Crippen LogP contribution in [0, 0.1) is 0 Å². The number of hydrogen-bond donors (Lipinski definition) is 1. The highest BCUT2D eigenvalue weighted by Crippen LogP contribution is 2.34. The lowest BCUT2D eigenvalue weighted by Gasteiger charge is -2.38. The number of likely N-dealkylation sites (N-methyl/N-ethyl adjacent to an activating group) is 1. The zero-order valence-electron chi connectivity index (χ0n) is 21.1. The Morgan fingerprint density at radius 2 is 1.71 bits per heavy atom. The summed E-state index contributed by atoms with van der Waals surface area (Å²) in [4.78, 5) is 29.8. The Labute approximate surface area is 207 Å². The van der Waals surface area contributed by atoms with Crippen molar-refractivity contribution >= 4 is 23.7 Å². The van der Waals surface area contributed by atoms with Crippen LogP contribution < -0.4 is 15.5 Å². The molecule has 5 rings (SSSR count). The van der Waals surface area contributed by atoms with Crippen molar-refractivity contribution in [3.63, 3.8) is 0 Å². The first-order chi connectivity index (χ1) is 16.9. The molecule has 2 fully saturated rings. The SMILES string of the molecule is COC(=O)N1CCC(c2ccc3c(c2)CN(c2cc(N4CCN(C)CC4)nc(N)n2)C(C)C3)CC1. The number of anilines is 3. The molecule has 0 saturated carbocycles. The second kappa shape index (κ2) is 9.89. The third-order valence-corrected chi connectivity index (χ3v) is 7.86. The highest BCUT2D eigenvalue weighted by atomic mass is 16.5. The maximum atomic E-state index is 11.8. The van der Waals surface area contributed by atoms with Crippen LogP contribution in [0.1, 0.15) is 42.4 Å². The molecule has 188 valence electrons. The highest BCUT2D eigenvalue weighted by molar-refractivity contribution is 5.67. The van der Waals surface area contributed by atoms with E-state index in [9.17, 15) is 4.79 Å². The van der Waals surface area contributed by atoms with Crippen LogP contribution in [0.15, 0.2) is 24.3 Å². The number of piperidine rings is 1. The van der Waals surface area contributed by atoms with Crippen LogP contribution in [-0.2, 0) is 17.7 Å². The van der Waals surface area contributed by atoms with Crippen molar-refractivity contribution in [1.82, 2.24) is 19.8 Å². The van der Waals surface area contributed by atoms with E-state index in [1.807, 2.05) is 0 Å². The molecule has 9 heteroatoms. The predicted molar refractivity (Wildman–Crippen MR) is 138 cm³/mol. The summed E-state index contributed by atoms with van der Waals surface area (Å²) >= 11 is 0. The number of methoxy groups -OCH3 is 1. The highest BCUT2D eigenvalue weighted by Gasteiger charge is 2.28. The molecule has 3 aliphatic heterocycles. The van der Waals surface area contributed by atoms with E-state index in [0.29, 0.717) is 17.9 Å². The van der Waals surface area contributed by atoms with E-state index in [0.717, 1.165) is 76.7 Å². The van der Waals surface area contributed by atoms with Crippen LogP contribution in [0.4, 0.5) is 22.4 Å². The number of nitrogen functional groups attached to an aromatic ring is 1. The molecule has 2 N–H and O–H groups in total. The third-order valence-electron chi connectivity index (χ3n) is 7.86. The first-order valence-electron chi connectivity index (χ1n) is 12.7. The van der Waals surface area contributed by atoms with Crippen LogP contribution in [0.5, 0.6) is 0 Å². The Morgan fingerprint density at radius 1 is 1.00 bits per heavy atom. The molecule has 1 aromatic carbocycles. The first-order valence-corrected chi connectivity index (χ1v) is 12.7. The van der Waals surface area contributed by atoms with E-state index < -0.39 is 0 Å². The molecular formula is C26H37N7O2. The molecule has 0 radical (unpaired) electrons. The molecule has 9 nitrogen and oxygen atoms in total. The Balaban J connectivity index is 1.33. The lowest BCUT2D eigenvalue weighted by atomic mass is 9.85. The average molecular weight is 480 g/mol. The van der Waals surface area contributed by atoms with Crippen molar-refractivity contribution in [2.24, 2.45) is 0 Å². The number of ether oxygens (including phenoxy) is 1. The van der Waals surface area contributed by atoms with Gasteiger partial charge in [-0.15, -0.1) is 0 Å². The fourth-order valence-corrected chi connectivity index (χ4v) is 5.63. The van der Waals surface area contributed by atoms with Gasteiger partial charge in [0.05, 0.1) is 7.11 Å². The standard InChI is InChI=1S/C26H37N7O2/c1-18-14-20-4-5-21(19-6-8-32(9-7-19)26(34)35-3)15-22(20)17-33(18)24-16-23(28-25(27)29-24)31-12-10-30(2)11-13-31/h4-5,15-16,18-19H,6-14,17H2,1-3H3,(H2,27,28,29). The zero-order valence-corrected chi connectivity index (χ0v) is 21.1. The molecule has 2 saturated heterocycles. The number of hydrogen-bond acceptors (Lipinski definition) is 8. The van der Waals surface area contributed by atoms with Crippen molar-refractivity contribution in [1.29, 1.82) is 0 Å². The van der Waals surface area contributed by atoms with Gasteiger partial charge in [0.25, 0.3) is 0 Å². The minimum Gasteiger partial charge on any atom is -0.453 e. The summed E-state index contributed by atoms with van der Waals surface area (Å²) in [5.41, 5.74) is 10.3. The number of rotatable bonds is 3. The van der Waals surface area contributed by atoms with Crippen LogP contribution in [-0.4, -0.2) is 85.3 Å². The maximum Gasteiger partial charge on any atom is 0.409 e. The average Bonchev–Trinajstić information content (AvgIpc) is 2.87. The first kappa shape index (κ1) is 23.7. The molecule has 1 aromatic heterocycles. The van der Waals surface area contributed by atoms with E-state index >= 15 is 0 Å². The molecular weight excluding hydrogens is 442 g/mol. The van der Waals surface area contributed by atoms with Crippen molar-refractivity contribution < 1.29 is 9.53 Å². The van der Waals surface area contributed by atoms with Crippen LogP contribution in [0.25, 0.3) is 0 Å². The zero-order chi connectivity index (χ0) is 24.5. The van der Waals surface area contributed by atoms with Gasteiger partial charge < -0.3 is 30.1 Å². The molecule has 0 bridgehead atoms. The summed E-state index contributed by atoms with van der Waals surface area (Å²) in [5.74, 6) is 2.62. The minimum atomic E-state index is -0.224. The van der Waals surface area contributed by atoms with Crippen molar-refractivity contribution in [2.45, 2.75) is 44.7 Å². The lowest BCUT2D eigenvalue weighted by molar-refractivity contribution is 0.112. The Hall–Kier alpha value is -3.07. The summed E-state index contributed by atoms with van der Waals surface area (Å²) in [6, 6.07) is 9.39. The second-order valence-corrected chi connectivity index (χ2v) is 10.2. The number of amides is 1. The fraction of sp³-hybridized carbons (Fsp3) is 0.577. The molecule has 1 atom stereocenters.